The predicted octanol–water partition coefficient (Wildman–Crippen LogP) is 2.43. The smallest absolute Gasteiger partial charge is 0.317 e. The number of nitrogens with one attached hydrogen (secondary N) is 1. The highest BCUT2D eigenvalue weighted by Crippen LogP contribution is 2.37. The average molecular weight is 341 g/mol. The number of amides is 2. The zero-order chi connectivity index (χ0) is 16.1. The minimum atomic E-state index is -0.0845. The average Bonchev–Trinajstić information content (AvgIpc) is 2.95. The van der Waals surface area contributed by atoms with E-state index in [-0.39, 0.29) is 6.03 Å². The van der Waals surface area contributed by atoms with E-state index in [0.717, 1.165) is 18.4 Å². The van der Waals surface area contributed by atoms with Crippen LogP contribution < -0.4 is 14.8 Å². The Morgan fingerprint density at radius 3 is 2.91 bits per heavy atom. The van der Waals surface area contributed by atoms with Crippen molar-refractivity contribution in [3.8, 4) is 11.5 Å². The molecule has 23 heavy (non-hydrogen) atoms. The Kier molecular flexibility index (Phi) is 5.46. The molecule has 1 aromatic carbocycles. The van der Waals surface area contributed by atoms with Crippen LogP contribution in [-0.4, -0.2) is 50.4 Å². The summed E-state index contributed by atoms with van der Waals surface area (Å²) in [4.78, 5) is 14.0. The first-order valence-corrected chi connectivity index (χ1v) is 8.30. The number of ether oxygens (including phenoxy) is 3. The number of nitrogens with zero attached hydrogens (tertiary/aromatic N) is 1. The van der Waals surface area contributed by atoms with Crippen LogP contribution in [0.1, 0.15) is 18.4 Å². The quantitative estimate of drug-likeness (QED) is 0.898. The maximum Gasteiger partial charge on any atom is 0.317 e. The molecule has 2 aliphatic rings. The van der Waals surface area contributed by atoms with Crippen molar-refractivity contribution in [3.05, 3.63) is 22.7 Å². The monoisotopic (exact) mass is 340 g/mol. The molecular formula is C16H21ClN2O4. The molecule has 0 atom stereocenters. The number of rotatable bonds is 2. The molecule has 2 heterocycles. The van der Waals surface area contributed by atoms with Crippen LogP contribution >= 0.6 is 11.6 Å². The number of halogens is 1. The van der Waals surface area contributed by atoms with Gasteiger partial charge in [0.05, 0.1) is 24.8 Å². The topological polar surface area (TPSA) is 60.0 Å². The summed E-state index contributed by atoms with van der Waals surface area (Å²) in [6, 6.07) is 3.60. The Labute approximate surface area is 140 Å². The normalized spacial score (nSPS) is 18.0. The molecule has 126 valence electrons. The van der Waals surface area contributed by atoms with Gasteiger partial charge in [0, 0.05) is 32.7 Å². The highest BCUT2D eigenvalue weighted by molar-refractivity contribution is 6.32. The highest BCUT2D eigenvalue weighted by atomic mass is 35.5. The fourth-order valence-corrected chi connectivity index (χ4v) is 2.91. The van der Waals surface area contributed by atoms with Gasteiger partial charge in [-0.05, 0) is 24.1 Å². The van der Waals surface area contributed by atoms with Gasteiger partial charge in [0.15, 0.2) is 11.5 Å². The second-order valence-corrected chi connectivity index (χ2v) is 5.97. The molecule has 0 aliphatic carbocycles. The lowest BCUT2D eigenvalue weighted by Crippen LogP contribution is -2.40. The van der Waals surface area contributed by atoms with Crippen molar-refractivity contribution in [2.45, 2.75) is 19.4 Å². The first-order chi connectivity index (χ1) is 11.2. The summed E-state index contributed by atoms with van der Waals surface area (Å²) >= 11 is 6.26. The van der Waals surface area contributed by atoms with Crippen LogP contribution in [0.2, 0.25) is 5.02 Å². The van der Waals surface area contributed by atoms with Gasteiger partial charge in [-0.3, -0.25) is 0 Å². The molecule has 1 fully saturated rings. The molecule has 0 bridgehead atoms. The van der Waals surface area contributed by atoms with Gasteiger partial charge in [-0.2, -0.15) is 0 Å². The van der Waals surface area contributed by atoms with Crippen molar-refractivity contribution < 1.29 is 19.0 Å². The Bertz CT molecular complexity index is 559. The lowest BCUT2D eigenvalue weighted by atomic mass is 10.2. The predicted molar refractivity (Wildman–Crippen MR) is 86.3 cm³/mol. The van der Waals surface area contributed by atoms with Crippen molar-refractivity contribution in [1.29, 1.82) is 0 Å². The van der Waals surface area contributed by atoms with Gasteiger partial charge in [-0.15, -0.1) is 0 Å². The third kappa shape index (κ3) is 4.20. The maximum absolute atomic E-state index is 12.2. The number of carbonyl (C=O) groups excluding carboxylic acids is 1. The number of hydrogen-bond acceptors (Lipinski definition) is 4. The Morgan fingerprint density at radius 2 is 2.00 bits per heavy atom. The van der Waals surface area contributed by atoms with Crippen LogP contribution in [0.3, 0.4) is 0 Å². The fourth-order valence-electron chi connectivity index (χ4n) is 2.62. The molecule has 3 rings (SSSR count). The molecule has 0 saturated carbocycles. The number of benzene rings is 1. The third-order valence-electron chi connectivity index (χ3n) is 3.82. The second kappa shape index (κ2) is 7.75. The molecule has 0 spiro atoms. The Morgan fingerprint density at radius 1 is 1.13 bits per heavy atom. The summed E-state index contributed by atoms with van der Waals surface area (Å²) in [5, 5.41) is 3.43. The van der Waals surface area contributed by atoms with Gasteiger partial charge in [-0.25, -0.2) is 4.79 Å². The van der Waals surface area contributed by atoms with E-state index >= 15 is 0 Å². The Hall–Kier alpha value is -1.66. The lowest BCUT2D eigenvalue weighted by Gasteiger charge is -2.20. The van der Waals surface area contributed by atoms with E-state index in [1.807, 2.05) is 6.07 Å². The molecule has 0 unspecified atom stereocenters. The van der Waals surface area contributed by atoms with E-state index in [0.29, 0.717) is 62.6 Å². The SMILES string of the molecule is O=C(NCc1cc(Cl)c2c(c1)OCCCO2)N1CCCOCC1. The van der Waals surface area contributed by atoms with Gasteiger partial charge in [0.1, 0.15) is 0 Å². The summed E-state index contributed by atoms with van der Waals surface area (Å²) < 4.78 is 16.6. The molecule has 6 nitrogen and oxygen atoms in total. The van der Waals surface area contributed by atoms with Crippen LogP contribution in [0.25, 0.3) is 0 Å². The zero-order valence-electron chi connectivity index (χ0n) is 13.0. The minimum Gasteiger partial charge on any atom is -0.489 e. The van der Waals surface area contributed by atoms with Crippen molar-refractivity contribution in [3.63, 3.8) is 0 Å². The van der Waals surface area contributed by atoms with Gasteiger partial charge in [0.2, 0.25) is 0 Å². The first-order valence-electron chi connectivity index (χ1n) is 7.92. The summed E-state index contributed by atoms with van der Waals surface area (Å²) in [5.41, 5.74) is 0.888. The molecule has 7 heteroatoms. The molecule has 0 aromatic heterocycles. The van der Waals surface area contributed by atoms with Crippen molar-refractivity contribution in [1.82, 2.24) is 10.2 Å². The van der Waals surface area contributed by atoms with E-state index in [1.165, 1.54) is 0 Å². The molecule has 2 aliphatic heterocycles. The van der Waals surface area contributed by atoms with E-state index in [2.05, 4.69) is 5.32 Å². The van der Waals surface area contributed by atoms with Gasteiger partial charge in [0.25, 0.3) is 0 Å². The number of fused-ring (bicyclic) bond motifs is 1. The molecule has 0 radical (unpaired) electrons. The van der Waals surface area contributed by atoms with Gasteiger partial charge < -0.3 is 24.4 Å². The largest absolute Gasteiger partial charge is 0.489 e. The molecule has 1 N–H and O–H groups in total. The molecule has 1 saturated heterocycles. The first kappa shape index (κ1) is 16.2. The van der Waals surface area contributed by atoms with Crippen LogP contribution in [0, 0.1) is 0 Å². The summed E-state index contributed by atoms with van der Waals surface area (Å²) in [7, 11) is 0. The van der Waals surface area contributed by atoms with Crippen LogP contribution in [0.4, 0.5) is 4.79 Å². The lowest BCUT2D eigenvalue weighted by molar-refractivity contribution is 0.142. The minimum absolute atomic E-state index is 0.0845. The van der Waals surface area contributed by atoms with Crippen molar-refractivity contribution >= 4 is 17.6 Å². The van der Waals surface area contributed by atoms with E-state index in [1.54, 1.807) is 11.0 Å². The number of carbonyl (C=O) groups is 1. The number of urea groups is 1. The van der Waals surface area contributed by atoms with Crippen molar-refractivity contribution in [2.75, 3.05) is 39.5 Å². The van der Waals surface area contributed by atoms with Crippen LogP contribution in [0.5, 0.6) is 11.5 Å². The number of hydrogen-bond donors (Lipinski definition) is 1. The third-order valence-corrected chi connectivity index (χ3v) is 4.10. The van der Waals surface area contributed by atoms with Crippen LogP contribution in [-0.2, 0) is 11.3 Å². The molecular weight excluding hydrogens is 320 g/mol. The summed E-state index contributed by atoms with van der Waals surface area (Å²) in [6.45, 7) is 4.23. The second-order valence-electron chi connectivity index (χ2n) is 5.57. The van der Waals surface area contributed by atoms with Crippen molar-refractivity contribution in [2.24, 2.45) is 0 Å². The van der Waals surface area contributed by atoms with Crippen LogP contribution in [0.15, 0.2) is 12.1 Å². The van der Waals surface area contributed by atoms with Gasteiger partial charge >= 0.3 is 6.03 Å². The summed E-state index contributed by atoms with van der Waals surface area (Å²) in [5.74, 6) is 1.23. The summed E-state index contributed by atoms with van der Waals surface area (Å²) in [6.07, 6.45) is 1.69. The zero-order valence-corrected chi connectivity index (χ0v) is 13.7. The van der Waals surface area contributed by atoms with E-state index < -0.39 is 0 Å². The standard InChI is InChI=1S/C16H21ClN2O4/c17-13-9-12(10-14-15(13)23-7-2-6-22-14)11-18-16(20)19-3-1-5-21-8-4-19/h9-10H,1-8,11H2,(H,18,20). The maximum atomic E-state index is 12.2. The van der Waals surface area contributed by atoms with E-state index in [4.69, 9.17) is 25.8 Å². The Balaban J connectivity index is 1.62. The molecule has 2 amide bonds. The van der Waals surface area contributed by atoms with Gasteiger partial charge in [-0.1, -0.05) is 11.6 Å². The highest BCUT2D eigenvalue weighted by Gasteiger charge is 2.18. The van der Waals surface area contributed by atoms with E-state index in [9.17, 15) is 4.79 Å². The molecule has 1 aromatic rings. The fraction of sp³-hybridized carbons (Fsp3) is 0.562.